The number of nitrogens with one attached hydrogen (secondary N) is 1. The molecule has 1 fully saturated rings. The lowest BCUT2D eigenvalue weighted by Crippen LogP contribution is -2.52. The molecule has 1 saturated heterocycles. The molecule has 24 heavy (non-hydrogen) atoms. The van der Waals surface area contributed by atoms with Crippen LogP contribution in [0.15, 0.2) is 27.2 Å². The Morgan fingerprint density at radius 1 is 1.42 bits per heavy atom. The fraction of sp³-hybridized carbons (Fsp3) is 0.438. The second-order valence-electron chi connectivity index (χ2n) is 5.47. The number of hydrogen-bond donors (Lipinski definition) is 1. The molecule has 1 N–H and O–H groups in total. The van der Waals surface area contributed by atoms with Crippen LogP contribution in [0.1, 0.15) is 19.0 Å². The summed E-state index contributed by atoms with van der Waals surface area (Å²) in [5.74, 6) is 1.20. The van der Waals surface area contributed by atoms with Crippen LogP contribution in [-0.4, -0.2) is 48.6 Å². The van der Waals surface area contributed by atoms with Gasteiger partial charge in [-0.15, -0.1) is 0 Å². The maximum absolute atomic E-state index is 12.0. The molecule has 0 saturated carbocycles. The number of nitriles is 1. The predicted octanol–water partition coefficient (Wildman–Crippen LogP) is 2.05. The summed E-state index contributed by atoms with van der Waals surface area (Å²) in [6.07, 6.45) is 2.43. The van der Waals surface area contributed by atoms with Crippen LogP contribution in [0, 0.1) is 11.3 Å². The zero-order valence-electron chi connectivity index (χ0n) is 13.5. The van der Waals surface area contributed by atoms with Crippen molar-refractivity contribution in [2.45, 2.75) is 13.3 Å². The van der Waals surface area contributed by atoms with Crippen molar-refractivity contribution in [2.24, 2.45) is 0 Å². The third-order valence-electron chi connectivity index (χ3n) is 3.83. The van der Waals surface area contributed by atoms with Gasteiger partial charge in [0.1, 0.15) is 6.07 Å². The monoisotopic (exact) mass is 329 g/mol. The average molecular weight is 329 g/mol. The minimum Gasteiger partial charge on any atom is -0.459 e. The number of anilines is 1. The molecule has 0 unspecified atom stereocenters. The van der Waals surface area contributed by atoms with Gasteiger partial charge in [0.15, 0.2) is 5.76 Å². The van der Waals surface area contributed by atoms with Gasteiger partial charge in [0, 0.05) is 32.7 Å². The molecular formula is C16H19N5O3. The molecule has 0 spiro atoms. The number of aromatic nitrogens is 1. The molecule has 8 heteroatoms. The molecule has 3 rings (SSSR count). The lowest BCUT2D eigenvalue weighted by molar-refractivity contribution is 0.193. The van der Waals surface area contributed by atoms with Crippen LogP contribution >= 0.6 is 0 Å². The molecule has 8 nitrogen and oxygen atoms in total. The molecule has 2 aromatic rings. The highest BCUT2D eigenvalue weighted by atomic mass is 16.4. The van der Waals surface area contributed by atoms with Crippen molar-refractivity contribution >= 4 is 11.9 Å². The number of carbonyl (C=O) groups is 1. The molecule has 2 aromatic heterocycles. The van der Waals surface area contributed by atoms with E-state index in [2.05, 4.69) is 16.4 Å². The Hall–Kier alpha value is -2.95. The second kappa shape index (κ2) is 7.08. The number of oxazole rings is 1. The van der Waals surface area contributed by atoms with Crippen LogP contribution in [0.25, 0.3) is 11.7 Å². The standard InChI is InChI=1S/C16H19N5O3/c1-2-5-18-16(22)21-8-6-20(7-9-21)15-12(11-17)19-14(24-15)13-4-3-10-23-13/h3-4,10H,2,5-9H2,1H3,(H,18,22). The van der Waals surface area contributed by atoms with Crippen LogP contribution < -0.4 is 10.2 Å². The van der Waals surface area contributed by atoms with E-state index in [0.717, 1.165) is 6.42 Å². The van der Waals surface area contributed by atoms with Crippen molar-refractivity contribution in [1.29, 1.82) is 5.26 Å². The first-order chi connectivity index (χ1) is 11.7. The van der Waals surface area contributed by atoms with Crippen molar-refractivity contribution in [1.82, 2.24) is 15.2 Å². The quantitative estimate of drug-likeness (QED) is 0.921. The van der Waals surface area contributed by atoms with Gasteiger partial charge in [-0.05, 0) is 18.6 Å². The van der Waals surface area contributed by atoms with E-state index in [-0.39, 0.29) is 17.6 Å². The number of nitrogens with zero attached hydrogens (tertiary/aromatic N) is 4. The first-order valence-corrected chi connectivity index (χ1v) is 7.95. The molecule has 0 aromatic carbocycles. The van der Waals surface area contributed by atoms with E-state index in [0.29, 0.717) is 44.4 Å². The van der Waals surface area contributed by atoms with Gasteiger partial charge in [0.2, 0.25) is 11.6 Å². The molecule has 0 aliphatic carbocycles. The lowest BCUT2D eigenvalue weighted by atomic mass is 10.3. The molecular weight excluding hydrogens is 310 g/mol. The van der Waals surface area contributed by atoms with Crippen molar-refractivity contribution in [3.63, 3.8) is 0 Å². The minimum atomic E-state index is -0.0501. The Bertz CT molecular complexity index is 723. The van der Waals surface area contributed by atoms with Crippen LogP contribution in [0.3, 0.4) is 0 Å². The number of furan rings is 1. The number of piperazine rings is 1. The summed E-state index contributed by atoms with van der Waals surface area (Å²) in [5.41, 5.74) is 0.227. The fourth-order valence-electron chi connectivity index (χ4n) is 2.56. The molecule has 1 aliphatic heterocycles. The highest BCUT2D eigenvalue weighted by molar-refractivity contribution is 5.74. The van der Waals surface area contributed by atoms with Gasteiger partial charge in [-0.1, -0.05) is 6.92 Å². The largest absolute Gasteiger partial charge is 0.459 e. The first-order valence-electron chi connectivity index (χ1n) is 7.95. The Balaban J connectivity index is 1.68. The molecule has 1 aliphatic rings. The maximum Gasteiger partial charge on any atom is 0.317 e. The van der Waals surface area contributed by atoms with Gasteiger partial charge in [-0.2, -0.15) is 10.2 Å². The highest BCUT2D eigenvalue weighted by Crippen LogP contribution is 2.28. The third-order valence-corrected chi connectivity index (χ3v) is 3.83. The van der Waals surface area contributed by atoms with E-state index in [1.54, 1.807) is 17.0 Å². The van der Waals surface area contributed by atoms with E-state index < -0.39 is 0 Å². The van der Waals surface area contributed by atoms with Gasteiger partial charge in [0.25, 0.3) is 5.89 Å². The summed E-state index contributed by atoms with van der Waals surface area (Å²) < 4.78 is 11.0. The van der Waals surface area contributed by atoms with Crippen molar-refractivity contribution < 1.29 is 13.6 Å². The number of hydrogen-bond acceptors (Lipinski definition) is 6. The maximum atomic E-state index is 12.0. The molecule has 2 amide bonds. The number of amides is 2. The zero-order valence-corrected chi connectivity index (χ0v) is 13.5. The second-order valence-corrected chi connectivity index (χ2v) is 5.47. The molecule has 3 heterocycles. The molecule has 0 bridgehead atoms. The Morgan fingerprint density at radius 2 is 2.21 bits per heavy atom. The first kappa shape index (κ1) is 15.9. The van der Waals surface area contributed by atoms with Gasteiger partial charge in [-0.3, -0.25) is 0 Å². The number of carbonyl (C=O) groups excluding carboxylic acids is 1. The molecule has 126 valence electrons. The van der Waals surface area contributed by atoms with Crippen LogP contribution in [0.2, 0.25) is 0 Å². The van der Waals surface area contributed by atoms with E-state index in [1.165, 1.54) is 6.26 Å². The van der Waals surface area contributed by atoms with Crippen LogP contribution in [0.4, 0.5) is 10.7 Å². The lowest BCUT2D eigenvalue weighted by Gasteiger charge is -2.34. The number of urea groups is 1. The molecule has 0 atom stereocenters. The minimum absolute atomic E-state index is 0.0501. The van der Waals surface area contributed by atoms with Gasteiger partial charge in [0.05, 0.1) is 6.26 Å². The summed E-state index contributed by atoms with van der Waals surface area (Å²) >= 11 is 0. The number of rotatable bonds is 4. The van der Waals surface area contributed by atoms with Gasteiger partial charge >= 0.3 is 6.03 Å². The molecule has 0 radical (unpaired) electrons. The van der Waals surface area contributed by atoms with E-state index >= 15 is 0 Å². The average Bonchev–Trinajstić information content (AvgIpc) is 3.28. The van der Waals surface area contributed by atoms with E-state index in [9.17, 15) is 10.1 Å². The van der Waals surface area contributed by atoms with Crippen molar-refractivity contribution in [3.05, 3.63) is 24.1 Å². The third kappa shape index (κ3) is 3.20. The Kier molecular flexibility index (Phi) is 4.70. The van der Waals surface area contributed by atoms with Crippen molar-refractivity contribution in [2.75, 3.05) is 37.6 Å². The topological polar surface area (TPSA) is 98.5 Å². The fourth-order valence-corrected chi connectivity index (χ4v) is 2.56. The zero-order chi connectivity index (χ0) is 16.9. The Labute approximate surface area is 139 Å². The SMILES string of the molecule is CCCNC(=O)N1CCN(c2oc(-c3ccco3)nc2C#N)CC1. The van der Waals surface area contributed by atoms with E-state index in [4.69, 9.17) is 8.83 Å². The summed E-state index contributed by atoms with van der Waals surface area (Å²) in [6, 6.07) is 5.47. The Morgan fingerprint density at radius 3 is 2.83 bits per heavy atom. The normalized spacial score (nSPS) is 14.5. The summed E-state index contributed by atoms with van der Waals surface area (Å²) in [6.45, 7) is 4.99. The predicted molar refractivity (Wildman–Crippen MR) is 86.4 cm³/mol. The van der Waals surface area contributed by atoms with Crippen molar-refractivity contribution in [3.8, 4) is 17.7 Å². The summed E-state index contributed by atoms with van der Waals surface area (Å²) in [4.78, 5) is 19.9. The summed E-state index contributed by atoms with van der Waals surface area (Å²) in [5, 5.41) is 12.2. The summed E-state index contributed by atoms with van der Waals surface area (Å²) in [7, 11) is 0. The van der Waals surface area contributed by atoms with Gasteiger partial charge < -0.3 is 24.0 Å². The van der Waals surface area contributed by atoms with Crippen LogP contribution in [0.5, 0.6) is 0 Å². The van der Waals surface area contributed by atoms with E-state index in [1.807, 2.05) is 11.8 Å². The smallest absolute Gasteiger partial charge is 0.317 e. The highest BCUT2D eigenvalue weighted by Gasteiger charge is 2.26. The van der Waals surface area contributed by atoms with Gasteiger partial charge in [-0.25, -0.2) is 4.79 Å². The van der Waals surface area contributed by atoms with Crippen LogP contribution in [-0.2, 0) is 0 Å².